The van der Waals surface area contributed by atoms with Crippen LogP contribution in [0.25, 0.3) is 0 Å². The molecule has 1 amide bonds. The van der Waals surface area contributed by atoms with Crippen molar-refractivity contribution in [2.45, 2.75) is 38.5 Å². The van der Waals surface area contributed by atoms with Gasteiger partial charge in [0.25, 0.3) is 0 Å². The normalized spacial score (nSPS) is 19.3. The first-order chi connectivity index (χ1) is 16.2. The summed E-state index contributed by atoms with van der Waals surface area (Å²) >= 11 is 0. The van der Waals surface area contributed by atoms with E-state index in [2.05, 4.69) is 16.1 Å². The fourth-order valence-corrected chi connectivity index (χ4v) is 6.83. The maximum absolute atomic E-state index is 13.2. The number of methoxy groups -OCH3 is 1. The van der Waals surface area contributed by atoms with E-state index in [0.717, 1.165) is 24.5 Å². The van der Waals surface area contributed by atoms with E-state index in [9.17, 15) is 13.2 Å². The number of benzene rings is 1. The van der Waals surface area contributed by atoms with Crippen LogP contribution < -0.4 is 9.64 Å². The number of ether oxygens (including phenoxy) is 1. The molecular weight excluding hydrogens is 456 g/mol. The average molecular weight is 491 g/mol. The number of hydrogen-bond acceptors (Lipinski definition) is 7. The molecule has 0 unspecified atom stereocenters. The Morgan fingerprint density at radius 3 is 2.38 bits per heavy atom. The van der Waals surface area contributed by atoms with Crippen LogP contribution in [0.4, 0.5) is 5.69 Å². The van der Waals surface area contributed by atoms with Gasteiger partial charge in [0.05, 0.1) is 7.11 Å². The van der Waals surface area contributed by atoms with Gasteiger partial charge in [-0.2, -0.15) is 4.31 Å². The standard InChI is InChI=1S/C24H34N4O5S/c1-17(20-8-10-28(11-9-20)34(30,31)23-18(2)25-33-19(23)3)24(29)27-14-12-26(13-15-27)21-6-5-7-22(16-21)32-4/h5-7,16-17,20H,8-15H2,1-4H3/t17-/m1/s1. The van der Waals surface area contributed by atoms with Gasteiger partial charge >= 0.3 is 0 Å². The van der Waals surface area contributed by atoms with Crippen molar-refractivity contribution in [3.05, 3.63) is 35.7 Å². The molecule has 186 valence electrons. The van der Waals surface area contributed by atoms with Crippen molar-refractivity contribution >= 4 is 21.6 Å². The van der Waals surface area contributed by atoms with E-state index < -0.39 is 10.0 Å². The number of piperazine rings is 1. The number of aromatic nitrogens is 1. The molecule has 1 atom stereocenters. The second kappa shape index (κ2) is 9.95. The molecule has 0 N–H and O–H groups in total. The molecule has 0 bridgehead atoms. The Kier molecular flexibility index (Phi) is 7.18. The number of nitrogens with zero attached hydrogens (tertiary/aromatic N) is 4. The molecule has 2 saturated heterocycles. The number of carbonyl (C=O) groups excluding carboxylic acids is 1. The number of anilines is 1. The van der Waals surface area contributed by atoms with E-state index in [-0.39, 0.29) is 22.6 Å². The monoisotopic (exact) mass is 490 g/mol. The van der Waals surface area contributed by atoms with Gasteiger partial charge in [-0.05, 0) is 44.7 Å². The second-order valence-electron chi connectivity index (χ2n) is 9.20. The Hall–Kier alpha value is -2.59. The molecule has 1 aromatic carbocycles. The summed E-state index contributed by atoms with van der Waals surface area (Å²) in [5, 5.41) is 3.79. The molecule has 2 aliphatic heterocycles. The van der Waals surface area contributed by atoms with Gasteiger partial charge in [0.15, 0.2) is 5.76 Å². The largest absolute Gasteiger partial charge is 0.497 e. The molecule has 0 radical (unpaired) electrons. The highest BCUT2D eigenvalue weighted by atomic mass is 32.2. The quantitative estimate of drug-likeness (QED) is 0.614. The predicted octanol–water partition coefficient (Wildman–Crippen LogP) is 2.69. The molecule has 4 rings (SSSR count). The smallest absolute Gasteiger partial charge is 0.248 e. The van der Waals surface area contributed by atoms with Gasteiger partial charge in [0.1, 0.15) is 16.3 Å². The van der Waals surface area contributed by atoms with Crippen molar-refractivity contribution < 1.29 is 22.5 Å². The van der Waals surface area contributed by atoms with Crippen LogP contribution >= 0.6 is 0 Å². The number of rotatable bonds is 6. The first-order valence-electron chi connectivity index (χ1n) is 11.8. The zero-order valence-corrected chi connectivity index (χ0v) is 21.2. The first-order valence-corrected chi connectivity index (χ1v) is 13.3. The highest BCUT2D eigenvalue weighted by Gasteiger charge is 2.37. The van der Waals surface area contributed by atoms with Crippen molar-refractivity contribution in [1.29, 1.82) is 0 Å². The van der Waals surface area contributed by atoms with Gasteiger partial charge in [-0.3, -0.25) is 4.79 Å². The van der Waals surface area contributed by atoms with Crippen LogP contribution in [-0.4, -0.2) is 75.1 Å². The Balaban J connectivity index is 1.31. The molecule has 3 heterocycles. The first kappa shape index (κ1) is 24.5. The minimum atomic E-state index is -3.64. The highest BCUT2D eigenvalue weighted by molar-refractivity contribution is 7.89. The van der Waals surface area contributed by atoms with Crippen LogP contribution in [0.15, 0.2) is 33.7 Å². The second-order valence-corrected chi connectivity index (χ2v) is 11.1. The fraction of sp³-hybridized carbons (Fsp3) is 0.583. The summed E-state index contributed by atoms with van der Waals surface area (Å²) in [4.78, 5) is 17.6. The molecule has 0 spiro atoms. The van der Waals surface area contributed by atoms with E-state index >= 15 is 0 Å². The lowest BCUT2D eigenvalue weighted by atomic mass is 9.85. The van der Waals surface area contributed by atoms with Crippen molar-refractivity contribution in [3.63, 3.8) is 0 Å². The average Bonchev–Trinajstić information content (AvgIpc) is 3.21. The van der Waals surface area contributed by atoms with E-state index in [1.54, 1.807) is 21.0 Å². The minimum absolute atomic E-state index is 0.132. The molecule has 2 aliphatic rings. The van der Waals surface area contributed by atoms with Crippen LogP contribution in [0, 0.1) is 25.7 Å². The third-order valence-corrected chi connectivity index (χ3v) is 9.31. The number of sulfonamides is 1. The SMILES string of the molecule is COc1cccc(N2CCN(C(=O)[C@H](C)C3CCN(S(=O)(=O)c4c(C)noc4C)CC3)CC2)c1. The summed E-state index contributed by atoms with van der Waals surface area (Å²) in [6.45, 7) is 8.97. The molecule has 0 saturated carbocycles. The lowest BCUT2D eigenvalue weighted by Crippen LogP contribution is -2.51. The van der Waals surface area contributed by atoms with Gasteiger partial charge in [0.2, 0.25) is 15.9 Å². The van der Waals surface area contributed by atoms with E-state index in [4.69, 9.17) is 9.26 Å². The predicted molar refractivity (Wildman–Crippen MR) is 128 cm³/mol. The summed E-state index contributed by atoms with van der Waals surface area (Å²) < 4.78 is 38.0. The van der Waals surface area contributed by atoms with Crippen molar-refractivity contribution in [2.75, 3.05) is 51.3 Å². The van der Waals surface area contributed by atoms with Crippen LogP contribution in [-0.2, 0) is 14.8 Å². The third kappa shape index (κ3) is 4.79. The van der Waals surface area contributed by atoms with Gasteiger partial charge in [-0.1, -0.05) is 18.1 Å². The van der Waals surface area contributed by atoms with Crippen LogP contribution in [0.1, 0.15) is 31.2 Å². The topological polar surface area (TPSA) is 96.2 Å². The molecule has 2 aromatic rings. The minimum Gasteiger partial charge on any atom is -0.497 e. The van der Waals surface area contributed by atoms with Gasteiger partial charge in [-0.25, -0.2) is 8.42 Å². The molecule has 2 fully saturated rings. The van der Waals surface area contributed by atoms with Gasteiger partial charge < -0.3 is 19.1 Å². The maximum Gasteiger partial charge on any atom is 0.248 e. The number of aryl methyl sites for hydroxylation is 2. The lowest BCUT2D eigenvalue weighted by molar-refractivity contribution is -0.137. The zero-order chi connectivity index (χ0) is 24.5. The molecule has 9 nitrogen and oxygen atoms in total. The number of piperidine rings is 1. The summed E-state index contributed by atoms with van der Waals surface area (Å²) in [7, 11) is -1.98. The molecule has 34 heavy (non-hydrogen) atoms. The number of hydrogen-bond donors (Lipinski definition) is 0. The molecular formula is C24H34N4O5S. The summed E-state index contributed by atoms with van der Waals surface area (Å²) in [5.74, 6) is 1.34. The Bertz CT molecular complexity index is 1100. The van der Waals surface area contributed by atoms with Crippen LogP contribution in [0.5, 0.6) is 5.75 Å². The fourth-order valence-electron chi connectivity index (χ4n) is 5.07. The molecule has 0 aliphatic carbocycles. The van der Waals surface area contributed by atoms with Gasteiger partial charge in [0, 0.05) is 56.9 Å². The van der Waals surface area contributed by atoms with Crippen LogP contribution in [0.2, 0.25) is 0 Å². The van der Waals surface area contributed by atoms with Crippen LogP contribution in [0.3, 0.4) is 0 Å². The number of amides is 1. The van der Waals surface area contributed by atoms with Crippen molar-refractivity contribution in [1.82, 2.24) is 14.4 Å². The molecule has 10 heteroatoms. The van der Waals surface area contributed by atoms with E-state index in [1.165, 1.54) is 4.31 Å². The maximum atomic E-state index is 13.2. The number of carbonyl (C=O) groups is 1. The zero-order valence-electron chi connectivity index (χ0n) is 20.4. The lowest BCUT2D eigenvalue weighted by Gasteiger charge is -2.39. The van der Waals surface area contributed by atoms with Gasteiger partial charge in [-0.15, -0.1) is 0 Å². The third-order valence-electron chi connectivity index (χ3n) is 7.17. The molecule has 1 aromatic heterocycles. The summed E-state index contributed by atoms with van der Waals surface area (Å²) in [6, 6.07) is 7.99. The van der Waals surface area contributed by atoms with E-state index in [0.29, 0.717) is 50.5 Å². The Labute approximate surface area is 201 Å². The Morgan fingerprint density at radius 1 is 1.12 bits per heavy atom. The van der Waals surface area contributed by atoms with E-state index in [1.807, 2.05) is 30.0 Å². The summed E-state index contributed by atoms with van der Waals surface area (Å²) in [6.07, 6.45) is 1.33. The highest BCUT2D eigenvalue weighted by Crippen LogP contribution is 2.32. The van der Waals surface area contributed by atoms with Crippen molar-refractivity contribution in [3.8, 4) is 5.75 Å². The van der Waals surface area contributed by atoms with Crippen molar-refractivity contribution in [2.24, 2.45) is 11.8 Å². The Morgan fingerprint density at radius 2 is 1.79 bits per heavy atom. The summed E-state index contributed by atoms with van der Waals surface area (Å²) in [5.41, 5.74) is 1.49.